The van der Waals surface area contributed by atoms with E-state index in [9.17, 15) is 5.11 Å². The van der Waals surface area contributed by atoms with Crippen LogP contribution in [0.3, 0.4) is 0 Å². The summed E-state index contributed by atoms with van der Waals surface area (Å²) in [7, 11) is 2.04. The van der Waals surface area contributed by atoms with Crippen molar-refractivity contribution in [1.82, 2.24) is 4.57 Å². The van der Waals surface area contributed by atoms with Crippen molar-refractivity contribution in [3.63, 3.8) is 0 Å². The lowest BCUT2D eigenvalue weighted by molar-refractivity contribution is 0.305. The number of nitrogens with zero attached hydrogens (tertiary/aromatic N) is 1. The van der Waals surface area contributed by atoms with Gasteiger partial charge in [0.25, 0.3) is 0 Å². The van der Waals surface area contributed by atoms with Gasteiger partial charge in [0.1, 0.15) is 18.1 Å². The van der Waals surface area contributed by atoms with Crippen LogP contribution >= 0.6 is 0 Å². The van der Waals surface area contributed by atoms with Crippen molar-refractivity contribution >= 4 is 10.9 Å². The molecule has 0 aliphatic carbocycles. The van der Waals surface area contributed by atoms with Gasteiger partial charge in [0.05, 0.1) is 0 Å². The van der Waals surface area contributed by atoms with Gasteiger partial charge in [0.15, 0.2) is 0 Å². The van der Waals surface area contributed by atoms with Gasteiger partial charge in [-0.15, -0.1) is 0 Å². The average Bonchev–Trinajstić information content (AvgIpc) is 2.73. The number of phenols is 1. The number of phenolic OH excluding ortho intramolecular Hbond substituents is 1. The van der Waals surface area contributed by atoms with Gasteiger partial charge in [-0.25, -0.2) is 0 Å². The molecule has 0 fully saturated rings. The largest absolute Gasteiger partial charge is 0.508 e. The van der Waals surface area contributed by atoms with Crippen LogP contribution in [0.1, 0.15) is 11.1 Å². The number of ether oxygens (including phenoxy) is 1. The van der Waals surface area contributed by atoms with Crippen molar-refractivity contribution in [2.45, 2.75) is 13.5 Å². The van der Waals surface area contributed by atoms with Crippen molar-refractivity contribution in [2.75, 3.05) is 0 Å². The quantitative estimate of drug-likeness (QED) is 0.783. The standard InChI is InChI=1S/C17H17NO2/c1-12-6-7-17-16(8-12)13(10-18(17)2)11-20-15-5-3-4-14(19)9-15/h3-10,19H,11H2,1-2H3. The number of rotatable bonds is 3. The molecule has 1 aromatic heterocycles. The van der Waals surface area contributed by atoms with Crippen LogP contribution in [0.5, 0.6) is 11.5 Å². The molecule has 3 nitrogen and oxygen atoms in total. The van der Waals surface area contributed by atoms with Crippen molar-refractivity contribution in [1.29, 1.82) is 0 Å². The maximum atomic E-state index is 9.44. The molecule has 20 heavy (non-hydrogen) atoms. The fourth-order valence-electron chi connectivity index (χ4n) is 2.44. The van der Waals surface area contributed by atoms with Gasteiger partial charge in [-0.3, -0.25) is 0 Å². The van der Waals surface area contributed by atoms with Crippen LogP contribution in [-0.4, -0.2) is 9.67 Å². The van der Waals surface area contributed by atoms with Gasteiger partial charge in [-0.1, -0.05) is 17.7 Å². The predicted molar refractivity (Wildman–Crippen MR) is 80.1 cm³/mol. The molecule has 0 aliphatic heterocycles. The maximum Gasteiger partial charge on any atom is 0.123 e. The van der Waals surface area contributed by atoms with E-state index in [0.717, 1.165) is 5.56 Å². The van der Waals surface area contributed by atoms with Crippen LogP contribution in [0.15, 0.2) is 48.7 Å². The van der Waals surface area contributed by atoms with Crippen LogP contribution in [0.2, 0.25) is 0 Å². The molecule has 3 aromatic rings. The minimum Gasteiger partial charge on any atom is -0.508 e. The SMILES string of the molecule is Cc1ccc2c(c1)c(COc1cccc(O)c1)cn2C. The molecule has 1 heterocycles. The zero-order valence-corrected chi connectivity index (χ0v) is 11.6. The number of hydrogen-bond acceptors (Lipinski definition) is 2. The van der Waals surface area contributed by atoms with E-state index in [4.69, 9.17) is 4.74 Å². The first-order chi connectivity index (χ1) is 9.63. The molecule has 0 radical (unpaired) electrons. The maximum absolute atomic E-state index is 9.44. The third-order valence-corrected chi connectivity index (χ3v) is 3.44. The molecule has 1 N–H and O–H groups in total. The Morgan fingerprint density at radius 1 is 1.15 bits per heavy atom. The van der Waals surface area contributed by atoms with E-state index in [2.05, 4.69) is 35.9 Å². The van der Waals surface area contributed by atoms with Gasteiger partial charge < -0.3 is 14.4 Å². The Balaban J connectivity index is 1.89. The monoisotopic (exact) mass is 267 g/mol. The Morgan fingerprint density at radius 3 is 2.80 bits per heavy atom. The topological polar surface area (TPSA) is 34.4 Å². The van der Waals surface area contributed by atoms with E-state index < -0.39 is 0 Å². The molecule has 0 saturated heterocycles. The minimum atomic E-state index is 0.219. The smallest absolute Gasteiger partial charge is 0.123 e. The van der Waals surface area contributed by atoms with E-state index in [-0.39, 0.29) is 5.75 Å². The molecule has 0 atom stereocenters. The van der Waals surface area contributed by atoms with Gasteiger partial charge in [0, 0.05) is 35.8 Å². The van der Waals surface area contributed by atoms with Crippen LogP contribution in [0, 0.1) is 6.92 Å². The molecular weight excluding hydrogens is 250 g/mol. The Labute approximate surface area is 118 Å². The molecule has 3 rings (SSSR count). The van der Waals surface area contributed by atoms with Crippen molar-refractivity contribution < 1.29 is 9.84 Å². The number of aryl methyl sites for hydroxylation is 2. The Kier molecular flexibility index (Phi) is 3.11. The zero-order valence-electron chi connectivity index (χ0n) is 11.6. The van der Waals surface area contributed by atoms with Crippen LogP contribution < -0.4 is 4.74 Å². The van der Waals surface area contributed by atoms with Crippen LogP contribution in [-0.2, 0) is 13.7 Å². The van der Waals surface area contributed by atoms with Crippen molar-refractivity contribution in [3.8, 4) is 11.5 Å². The Bertz CT molecular complexity index is 759. The van der Waals surface area contributed by atoms with Crippen LogP contribution in [0.4, 0.5) is 0 Å². The zero-order chi connectivity index (χ0) is 14.1. The summed E-state index contributed by atoms with van der Waals surface area (Å²) in [4.78, 5) is 0. The molecule has 0 aliphatic rings. The number of aromatic hydroxyl groups is 1. The van der Waals surface area contributed by atoms with Crippen LogP contribution in [0.25, 0.3) is 10.9 Å². The van der Waals surface area contributed by atoms with E-state index >= 15 is 0 Å². The lowest BCUT2D eigenvalue weighted by Crippen LogP contribution is -1.94. The second-order valence-electron chi connectivity index (χ2n) is 5.07. The van der Waals surface area contributed by atoms with E-state index in [1.165, 1.54) is 16.5 Å². The third-order valence-electron chi connectivity index (χ3n) is 3.44. The summed E-state index contributed by atoms with van der Waals surface area (Å²) in [6.45, 7) is 2.58. The number of benzene rings is 2. The highest BCUT2D eigenvalue weighted by Crippen LogP contribution is 2.24. The fourth-order valence-corrected chi connectivity index (χ4v) is 2.44. The second kappa shape index (κ2) is 4.93. The fraction of sp³-hybridized carbons (Fsp3) is 0.176. The molecule has 0 amide bonds. The molecule has 0 unspecified atom stereocenters. The van der Waals surface area contributed by atoms with Gasteiger partial charge in [-0.05, 0) is 31.2 Å². The summed E-state index contributed by atoms with van der Waals surface area (Å²) >= 11 is 0. The lowest BCUT2D eigenvalue weighted by Gasteiger charge is -2.05. The number of fused-ring (bicyclic) bond motifs is 1. The summed E-state index contributed by atoms with van der Waals surface area (Å²) in [5.74, 6) is 0.894. The van der Waals surface area contributed by atoms with Gasteiger partial charge >= 0.3 is 0 Å². The van der Waals surface area contributed by atoms with Crippen molar-refractivity contribution in [2.24, 2.45) is 7.05 Å². The molecule has 3 heteroatoms. The van der Waals surface area contributed by atoms with E-state index in [0.29, 0.717) is 12.4 Å². The summed E-state index contributed by atoms with van der Waals surface area (Å²) in [5.41, 5.74) is 3.59. The Hall–Kier alpha value is -2.42. The highest BCUT2D eigenvalue weighted by atomic mass is 16.5. The van der Waals surface area contributed by atoms with Gasteiger partial charge in [-0.2, -0.15) is 0 Å². The summed E-state index contributed by atoms with van der Waals surface area (Å²) in [6, 6.07) is 13.3. The molecule has 2 aromatic carbocycles. The molecular formula is C17H17NO2. The third kappa shape index (κ3) is 2.35. The van der Waals surface area contributed by atoms with Crippen molar-refractivity contribution in [3.05, 3.63) is 59.8 Å². The summed E-state index contributed by atoms with van der Waals surface area (Å²) in [6.07, 6.45) is 2.09. The number of aromatic nitrogens is 1. The first-order valence-corrected chi connectivity index (χ1v) is 6.60. The average molecular weight is 267 g/mol. The second-order valence-corrected chi connectivity index (χ2v) is 5.07. The molecule has 0 saturated carbocycles. The first kappa shape index (κ1) is 12.6. The molecule has 0 spiro atoms. The summed E-state index contributed by atoms with van der Waals surface area (Å²) < 4.78 is 7.87. The lowest BCUT2D eigenvalue weighted by atomic mass is 10.1. The summed E-state index contributed by atoms with van der Waals surface area (Å²) in [5, 5.41) is 10.7. The first-order valence-electron chi connectivity index (χ1n) is 6.60. The predicted octanol–water partition coefficient (Wildman–Crippen LogP) is 3.77. The molecule has 0 bridgehead atoms. The highest BCUT2D eigenvalue weighted by Gasteiger charge is 2.07. The normalized spacial score (nSPS) is 10.9. The number of hydrogen-bond donors (Lipinski definition) is 1. The Morgan fingerprint density at radius 2 is 2.00 bits per heavy atom. The minimum absolute atomic E-state index is 0.219. The van der Waals surface area contributed by atoms with E-state index in [1.54, 1.807) is 18.2 Å². The van der Waals surface area contributed by atoms with E-state index in [1.807, 2.05) is 13.1 Å². The molecule has 102 valence electrons. The highest BCUT2D eigenvalue weighted by molar-refractivity contribution is 5.84. The van der Waals surface area contributed by atoms with Gasteiger partial charge in [0.2, 0.25) is 0 Å².